The van der Waals surface area contributed by atoms with Gasteiger partial charge in [-0.2, -0.15) is 0 Å². The van der Waals surface area contributed by atoms with Gasteiger partial charge >= 0.3 is 0 Å². The molecule has 4 rings (SSSR count). The van der Waals surface area contributed by atoms with Crippen molar-refractivity contribution in [1.82, 2.24) is 15.0 Å². The first-order valence-corrected chi connectivity index (χ1v) is 10.1. The van der Waals surface area contributed by atoms with Crippen LogP contribution in [0.15, 0.2) is 59.8 Å². The molecule has 6 nitrogen and oxygen atoms in total. The Hall–Kier alpha value is -3.10. The molecular weight excluding hydrogens is 425 g/mol. The molecule has 2 heterocycles. The highest BCUT2D eigenvalue weighted by Gasteiger charge is 2.09. The first kappa shape index (κ1) is 20.2. The number of hydrogen-bond acceptors (Lipinski definition) is 7. The van der Waals surface area contributed by atoms with Gasteiger partial charge in [-0.1, -0.05) is 17.7 Å². The first-order valence-electron chi connectivity index (χ1n) is 8.93. The zero-order chi connectivity index (χ0) is 21.1. The van der Waals surface area contributed by atoms with Crippen molar-refractivity contribution in [2.45, 2.75) is 4.90 Å². The maximum absolute atomic E-state index is 14.3. The molecule has 0 atom stereocenters. The van der Waals surface area contributed by atoms with Gasteiger partial charge in [0.25, 0.3) is 0 Å². The molecule has 0 bridgehead atoms. The minimum absolute atomic E-state index is 0.353. The number of methoxy groups -OCH3 is 1. The Kier molecular flexibility index (Phi) is 5.87. The van der Waals surface area contributed by atoms with Gasteiger partial charge in [0.2, 0.25) is 11.8 Å². The molecular formula is C21H17ClFN5OS. The Morgan fingerprint density at radius 1 is 1.03 bits per heavy atom. The van der Waals surface area contributed by atoms with E-state index in [0.29, 0.717) is 27.4 Å². The highest BCUT2D eigenvalue weighted by molar-refractivity contribution is 8.00. The van der Waals surface area contributed by atoms with E-state index in [1.165, 1.54) is 37.4 Å². The smallest absolute Gasteiger partial charge is 0.228 e. The lowest BCUT2D eigenvalue weighted by atomic mass is 10.0. The number of halogens is 2. The lowest BCUT2D eigenvalue weighted by Gasteiger charge is -2.11. The quantitative estimate of drug-likeness (QED) is 0.374. The van der Waals surface area contributed by atoms with E-state index in [-0.39, 0.29) is 5.82 Å². The summed E-state index contributed by atoms with van der Waals surface area (Å²) in [5, 5.41) is 4.27. The monoisotopic (exact) mass is 441 g/mol. The number of pyridine rings is 1. The number of benzene rings is 2. The number of anilines is 2. The van der Waals surface area contributed by atoms with Crippen molar-refractivity contribution in [2.24, 2.45) is 0 Å². The maximum atomic E-state index is 14.3. The SMILES string of the molecule is CNc1ncc2cc(-c3cc(F)cc(NSc4cc(Cl)cnc4OC)c3)ccc2n1. The van der Waals surface area contributed by atoms with E-state index in [1.807, 2.05) is 24.3 Å². The number of nitrogens with zero attached hydrogens (tertiary/aromatic N) is 3. The van der Waals surface area contributed by atoms with Crippen LogP contribution in [0, 0.1) is 5.82 Å². The molecule has 30 heavy (non-hydrogen) atoms. The number of aromatic nitrogens is 3. The molecule has 2 aromatic carbocycles. The van der Waals surface area contributed by atoms with Crippen LogP contribution in [0.2, 0.25) is 5.02 Å². The molecule has 0 saturated heterocycles. The van der Waals surface area contributed by atoms with Crippen molar-refractivity contribution in [3.8, 4) is 17.0 Å². The van der Waals surface area contributed by atoms with Gasteiger partial charge in [0, 0.05) is 30.5 Å². The van der Waals surface area contributed by atoms with Gasteiger partial charge in [-0.3, -0.25) is 0 Å². The predicted molar refractivity (Wildman–Crippen MR) is 120 cm³/mol. The number of ether oxygens (including phenoxy) is 1. The summed E-state index contributed by atoms with van der Waals surface area (Å²) in [4.78, 5) is 13.5. The Balaban J connectivity index is 1.62. The number of nitrogens with one attached hydrogen (secondary N) is 2. The first-order chi connectivity index (χ1) is 14.6. The molecule has 0 unspecified atom stereocenters. The lowest BCUT2D eigenvalue weighted by Crippen LogP contribution is -1.96. The molecule has 0 radical (unpaired) electrons. The van der Waals surface area contributed by atoms with E-state index < -0.39 is 0 Å². The highest BCUT2D eigenvalue weighted by atomic mass is 35.5. The molecule has 0 saturated carbocycles. The fourth-order valence-electron chi connectivity index (χ4n) is 2.90. The number of hydrogen-bond donors (Lipinski definition) is 2. The van der Waals surface area contributed by atoms with Crippen LogP contribution in [0.25, 0.3) is 22.0 Å². The van der Waals surface area contributed by atoms with E-state index in [2.05, 4.69) is 25.0 Å². The minimum Gasteiger partial charge on any atom is -0.480 e. The van der Waals surface area contributed by atoms with Gasteiger partial charge < -0.3 is 14.8 Å². The van der Waals surface area contributed by atoms with Crippen LogP contribution >= 0.6 is 23.5 Å². The van der Waals surface area contributed by atoms with Crippen LogP contribution in [-0.2, 0) is 0 Å². The van der Waals surface area contributed by atoms with Crippen LogP contribution in [0.3, 0.4) is 0 Å². The Bertz CT molecular complexity index is 1220. The van der Waals surface area contributed by atoms with E-state index in [1.54, 1.807) is 19.3 Å². The number of fused-ring (bicyclic) bond motifs is 1. The van der Waals surface area contributed by atoms with Crippen molar-refractivity contribution in [3.63, 3.8) is 0 Å². The van der Waals surface area contributed by atoms with Crippen molar-refractivity contribution in [1.29, 1.82) is 0 Å². The fraction of sp³-hybridized carbons (Fsp3) is 0.0952. The van der Waals surface area contributed by atoms with Crippen LogP contribution in [0.5, 0.6) is 5.88 Å². The van der Waals surface area contributed by atoms with Gasteiger partial charge in [0.15, 0.2) is 0 Å². The number of rotatable bonds is 6. The van der Waals surface area contributed by atoms with E-state index in [4.69, 9.17) is 16.3 Å². The van der Waals surface area contributed by atoms with E-state index in [9.17, 15) is 4.39 Å². The fourth-order valence-corrected chi connectivity index (χ4v) is 3.87. The minimum atomic E-state index is -0.353. The second kappa shape index (κ2) is 8.73. The van der Waals surface area contributed by atoms with Gasteiger partial charge in [0.1, 0.15) is 5.82 Å². The van der Waals surface area contributed by atoms with Crippen LogP contribution < -0.4 is 14.8 Å². The second-order valence-corrected chi connectivity index (χ2v) is 7.60. The Labute approximate surface area is 182 Å². The molecule has 0 fully saturated rings. The molecule has 0 aliphatic rings. The van der Waals surface area contributed by atoms with Crippen molar-refractivity contribution < 1.29 is 9.13 Å². The largest absolute Gasteiger partial charge is 0.480 e. The van der Waals surface area contributed by atoms with E-state index in [0.717, 1.165) is 22.0 Å². The predicted octanol–water partition coefficient (Wildman–Crippen LogP) is 5.65. The summed E-state index contributed by atoms with van der Waals surface area (Å²) in [6, 6.07) is 12.2. The van der Waals surface area contributed by atoms with Crippen LogP contribution in [-0.4, -0.2) is 29.1 Å². The van der Waals surface area contributed by atoms with Gasteiger partial charge in [-0.25, -0.2) is 19.3 Å². The van der Waals surface area contributed by atoms with Gasteiger partial charge in [-0.05, 0) is 59.5 Å². The molecule has 4 aromatic rings. The summed E-state index contributed by atoms with van der Waals surface area (Å²) >= 11 is 7.26. The zero-order valence-corrected chi connectivity index (χ0v) is 17.7. The molecule has 0 aliphatic heterocycles. The Morgan fingerprint density at radius 2 is 1.90 bits per heavy atom. The molecule has 0 aliphatic carbocycles. The van der Waals surface area contributed by atoms with Crippen LogP contribution in [0.1, 0.15) is 0 Å². The third-order valence-electron chi connectivity index (χ3n) is 4.29. The summed E-state index contributed by atoms with van der Waals surface area (Å²) in [6.45, 7) is 0. The summed E-state index contributed by atoms with van der Waals surface area (Å²) in [7, 11) is 3.30. The molecule has 0 spiro atoms. The van der Waals surface area contributed by atoms with Gasteiger partial charge in [-0.15, -0.1) is 0 Å². The van der Waals surface area contributed by atoms with Crippen molar-refractivity contribution in [2.75, 3.05) is 24.2 Å². The molecule has 9 heteroatoms. The molecule has 2 N–H and O–H groups in total. The summed E-state index contributed by atoms with van der Waals surface area (Å²) in [6.07, 6.45) is 3.25. The highest BCUT2D eigenvalue weighted by Crippen LogP contribution is 2.33. The van der Waals surface area contributed by atoms with Crippen LogP contribution in [0.4, 0.5) is 16.0 Å². The second-order valence-electron chi connectivity index (χ2n) is 6.31. The van der Waals surface area contributed by atoms with Crippen molar-refractivity contribution >= 4 is 46.1 Å². The normalized spacial score (nSPS) is 10.8. The maximum Gasteiger partial charge on any atom is 0.228 e. The van der Waals surface area contributed by atoms with Gasteiger partial charge in [0.05, 0.1) is 22.5 Å². The lowest BCUT2D eigenvalue weighted by molar-refractivity contribution is 0.387. The van der Waals surface area contributed by atoms with E-state index >= 15 is 0 Å². The standard InChI is InChI=1S/C21H17ClFN5OS/c1-24-21-26-10-14-5-12(3-4-18(14)27-21)13-6-16(23)9-17(7-13)28-30-19-8-15(22)11-25-20(19)29-2/h3-11,28H,1-2H3,(H,24,26,27). The topological polar surface area (TPSA) is 72.0 Å². The average Bonchev–Trinajstić information content (AvgIpc) is 2.76. The zero-order valence-electron chi connectivity index (χ0n) is 16.1. The Morgan fingerprint density at radius 3 is 2.70 bits per heavy atom. The summed E-state index contributed by atoms with van der Waals surface area (Å²) in [5.41, 5.74) is 3.00. The summed E-state index contributed by atoms with van der Waals surface area (Å²) < 4.78 is 22.7. The molecule has 0 amide bonds. The van der Waals surface area contributed by atoms with Crippen molar-refractivity contribution in [3.05, 3.63) is 65.7 Å². The molecule has 2 aromatic heterocycles. The summed E-state index contributed by atoms with van der Waals surface area (Å²) in [5.74, 6) is 0.633. The molecule has 152 valence electrons. The third-order valence-corrected chi connectivity index (χ3v) is 5.35. The third kappa shape index (κ3) is 4.39. The average molecular weight is 442 g/mol.